The molecule has 0 aromatic carbocycles. The summed E-state index contributed by atoms with van der Waals surface area (Å²) in [5.41, 5.74) is 5.89. The first-order chi connectivity index (χ1) is 9.31. The molecule has 7 heteroatoms. The number of halogens is 1. The van der Waals surface area contributed by atoms with Gasteiger partial charge in [0.2, 0.25) is 5.91 Å². The van der Waals surface area contributed by atoms with E-state index in [9.17, 15) is 9.59 Å². The highest BCUT2D eigenvalue weighted by atomic mass is 79.9. The predicted molar refractivity (Wildman–Crippen MR) is 81.1 cm³/mol. The van der Waals surface area contributed by atoms with Gasteiger partial charge in [0.15, 0.2) is 0 Å². The van der Waals surface area contributed by atoms with Crippen molar-refractivity contribution in [3.63, 3.8) is 0 Å². The molecule has 6 nitrogen and oxygen atoms in total. The fourth-order valence-corrected chi connectivity index (χ4v) is 1.76. The number of amides is 2. The Hall–Kier alpha value is -1.63. The van der Waals surface area contributed by atoms with E-state index in [1.54, 1.807) is 13.0 Å². The van der Waals surface area contributed by atoms with E-state index < -0.39 is 11.9 Å². The molecule has 1 aromatic rings. The van der Waals surface area contributed by atoms with Gasteiger partial charge in [0.1, 0.15) is 11.9 Å². The maximum absolute atomic E-state index is 12.0. The van der Waals surface area contributed by atoms with Gasteiger partial charge in [0.05, 0.1) is 5.56 Å². The van der Waals surface area contributed by atoms with Gasteiger partial charge < -0.3 is 16.4 Å². The average Bonchev–Trinajstić information content (AvgIpc) is 2.38. The van der Waals surface area contributed by atoms with Crippen LogP contribution in [-0.4, -0.2) is 29.4 Å². The summed E-state index contributed by atoms with van der Waals surface area (Å²) in [4.78, 5) is 27.7. The Morgan fingerprint density at radius 2 is 2.05 bits per heavy atom. The van der Waals surface area contributed by atoms with Crippen molar-refractivity contribution in [3.05, 3.63) is 22.3 Å². The van der Waals surface area contributed by atoms with Crippen LogP contribution in [0.5, 0.6) is 0 Å². The molecule has 1 rings (SSSR count). The first-order valence-corrected chi connectivity index (χ1v) is 7.10. The number of nitrogens with one attached hydrogen (secondary N) is 2. The molecule has 0 radical (unpaired) electrons. The Morgan fingerprint density at radius 3 is 2.65 bits per heavy atom. The van der Waals surface area contributed by atoms with Crippen LogP contribution < -0.4 is 16.4 Å². The number of anilines is 1. The molecule has 1 unspecified atom stereocenters. The Morgan fingerprint density at radius 1 is 1.40 bits per heavy atom. The van der Waals surface area contributed by atoms with Gasteiger partial charge in [0.25, 0.3) is 5.91 Å². The number of carbonyl (C=O) groups is 2. The molecule has 0 saturated heterocycles. The van der Waals surface area contributed by atoms with E-state index in [0.717, 1.165) is 0 Å². The Kier molecular flexibility index (Phi) is 5.94. The van der Waals surface area contributed by atoms with E-state index in [0.29, 0.717) is 16.9 Å². The minimum Gasteiger partial charge on any atom is -0.383 e. The van der Waals surface area contributed by atoms with E-state index in [1.165, 1.54) is 6.20 Å². The smallest absolute Gasteiger partial charge is 0.255 e. The van der Waals surface area contributed by atoms with Crippen molar-refractivity contribution in [2.75, 3.05) is 12.3 Å². The summed E-state index contributed by atoms with van der Waals surface area (Å²) in [6, 6.07) is 0.927. The average molecular weight is 343 g/mol. The van der Waals surface area contributed by atoms with Crippen LogP contribution in [0.3, 0.4) is 0 Å². The maximum Gasteiger partial charge on any atom is 0.255 e. The van der Waals surface area contributed by atoms with Gasteiger partial charge in [-0.3, -0.25) is 9.59 Å². The summed E-state index contributed by atoms with van der Waals surface area (Å²) in [5, 5.41) is 5.35. The van der Waals surface area contributed by atoms with Crippen LogP contribution in [0.15, 0.2) is 16.7 Å². The molecule has 0 aliphatic rings. The molecule has 20 heavy (non-hydrogen) atoms. The lowest BCUT2D eigenvalue weighted by molar-refractivity contribution is -0.122. The minimum atomic E-state index is -0.639. The van der Waals surface area contributed by atoms with Gasteiger partial charge >= 0.3 is 0 Å². The molecular formula is C13H19BrN4O2. The van der Waals surface area contributed by atoms with Crippen molar-refractivity contribution in [2.24, 2.45) is 5.92 Å². The highest BCUT2D eigenvalue weighted by Gasteiger charge is 2.18. The summed E-state index contributed by atoms with van der Waals surface area (Å²) in [7, 11) is 0. The van der Waals surface area contributed by atoms with Gasteiger partial charge in [-0.15, -0.1) is 0 Å². The monoisotopic (exact) mass is 342 g/mol. The van der Waals surface area contributed by atoms with Gasteiger partial charge in [-0.1, -0.05) is 13.8 Å². The third-order valence-electron chi connectivity index (χ3n) is 2.56. The van der Waals surface area contributed by atoms with Gasteiger partial charge in [-0.2, -0.15) is 0 Å². The second-order valence-corrected chi connectivity index (χ2v) is 5.84. The predicted octanol–water partition coefficient (Wildman–Crippen LogP) is 1.32. The van der Waals surface area contributed by atoms with E-state index in [1.807, 2.05) is 13.8 Å². The molecular weight excluding hydrogens is 324 g/mol. The zero-order chi connectivity index (χ0) is 15.3. The molecule has 1 aromatic heterocycles. The summed E-state index contributed by atoms with van der Waals surface area (Å²) < 4.78 is 0.647. The third kappa shape index (κ3) is 4.80. The first kappa shape index (κ1) is 16.4. The largest absolute Gasteiger partial charge is 0.383 e. The molecule has 0 spiro atoms. The molecule has 4 N–H and O–H groups in total. The highest BCUT2D eigenvalue weighted by Crippen LogP contribution is 2.15. The number of aromatic nitrogens is 1. The summed E-state index contributed by atoms with van der Waals surface area (Å²) in [6.07, 6.45) is 1.50. The van der Waals surface area contributed by atoms with E-state index in [4.69, 9.17) is 5.73 Å². The molecule has 0 bridgehead atoms. The topological polar surface area (TPSA) is 97.1 Å². The standard InChI is InChI=1S/C13H19BrN4O2/c1-7(2)5-17-12(19)8(3)18-13(20)10-4-9(14)6-16-11(10)15/h4,6-8H,5H2,1-3H3,(H2,15,16)(H,17,19)(H,18,20). The molecule has 1 atom stereocenters. The van der Waals surface area contributed by atoms with Crippen LogP contribution in [0.4, 0.5) is 5.82 Å². The number of nitrogen functional groups attached to an aromatic ring is 1. The fourth-order valence-electron chi connectivity index (χ4n) is 1.43. The Balaban J connectivity index is 2.65. The van der Waals surface area contributed by atoms with E-state index >= 15 is 0 Å². The van der Waals surface area contributed by atoms with Crippen LogP contribution in [0.1, 0.15) is 31.1 Å². The number of nitrogens with zero attached hydrogens (tertiary/aromatic N) is 1. The fraction of sp³-hybridized carbons (Fsp3) is 0.462. The molecule has 1 heterocycles. The Labute approximate surface area is 126 Å². The molecule has 0 aliphatic carbocycles. The zero-order valence-corrected chi connectivity index (χ0v) is 13.3. The van der Waals surface area contributed by atoms with Crippen LogP contribution in [0.25, 0.3) is 0 Å². The van der Waals surface area contributed by atoms with Crippen molar-refractivity contribution in [2.45, 2.75) is 26.8 Å². The van der Waals surface area contributed by atoms with Gasteiger partial charge in [-0.05, 0) is 34.8 Å². The van der Waals surface area contributed by atoms with Crippen LogP contribution in [0, 0.1) is 5.92 Å². The van der Waals surface area contributed by atoms with Gasteiger partial charge in [-0.25, -0.2) is 4.98 Å². The van der Waals surface area contributed by atoms with Crippen molar-refractivity contribution >= 4 is 33.6 Å². The van der Waals surface area contributed by atoms with E-state index in [2.05, 4.69) is 31.5 Å². The highest BCUT2D eigenvalue weighted by molar-refractivity contribution is 9.10. The number of pyridine rings is 1. The van der Waals surface area contributed by atoms with Crippen molar-refractivity contribution in [1.29, 1.82) is 0 Å². The SMILES string of the molecule is CC(C)CNC(=O)C(C)NC(=O)c1cc(Br)cnc1N. The molecule has 0 saturated carbocycles. The van der Waals surface area contributed by atoms with Crippen molar-refractivity contribution in [3.8, 4) is 0 Å². The third-order valence-corrected chi connectivity index (χ3v) is 2.99. The molecule has 0 fully saturated rings. The lowest BCUT2D eigenvalue weighted by Gasteiger charge is -2.15. The summed E-state index contributed by atoms with van der Waals surface area (Å²) >= 11 is 3.22. The summed E-state index contributed by atoms with van der Waals surface area (Å²) in [6.45, 7) is 6.18. The number of carbonyl (C=O) groups excluding carboxylic acids is 2. The number of hydrogen-bond acceptors (Lipinski definition) is 4. The molecule has 110 valence electrons. The van der Waals surface area contributed by atoms with Crippen LogP contribution in [0.2, 0.25) is 0 Å². The lowest BCUT2D eigenvalue weighted by Crippen LogP contribution is -2.45. The second kappa shape index (κ2) is 7.23. The zero-order valence-electron chi connectivity index (χ0n) is 11.7. The quantitative estimate of drug-likeness (QED) is 0.751. The van der Waals surface area contributed by atoms with Crippen LogP contribution >= 0.6 is 15.9 Å². The number of rotatable bonds is 5. The minimum absolute atomic E-state index is 0.125. The second-order valence-electron chi connectivity index (χ2n) is 4.92. The first-order valence-electron chi connectivity index (χ1n) is 6.30. The molecule has 0 aliphatic heterocycles. The Bertz CT molecular complexity index is 505. The van der Waals surface area contributed by atoms with Gasteiger partial charge in [0, 0.05) is 17.2 Å². The molecule has 2 amide bonds. The summed E-state index contributed by atoms with van der Waals surface area (Å²) in [5.74, 6) is -0.177. The number of hydrogen-bond donors (Lipinski definition) is 3. The van der Waals surface area contributed by atoms with Crippen molar-refractivity contribution in [1.82, 2.24) is 15.6 Å². The maximum atomic E-state index is 12.0. The normalized spacial score (nSPS) is 12.1. The van der Waals surface area contributed by atoms with E-state index in [-0.39, 0.29) is 17.3 Å². The van der Waals surface area contributed by atoms with Crippen molar-refractivity contribution < 1.29 is 9.59 Å². The lowest BCUT2D eigenvalue weighted by atomic mass is 10.2. The van der Waals surface area contributed by atoms with Crippen LogP contribution in [-0.2, 0) is 4.79 Å². The number of nitrogens with two attached hydrogens (primary N) is 1.